The molecule has 0 radical (unpaired) electrons. The summed E-state index contributed by atoms with van der Waals surface area (Å²) in [6, 6.07) is 9.76. The first-order chi connectivity index (χ1) is 8.58. The van der Waals surface area contributed by atoms with Gasteiger partial charge < -0.3 is 9.84 Å². The molecule has 0 aromatic heterocycles. The molecule has 0 unspecified atom stereocenters. The van der Waals surface area contributed by atoms with Gasteiger partial charge in [0.15, 0.2) is 0 Å². The topological polar surface area (TPSA) is 29.5 Å². The molecule has 3 heteroatoms. The zero-order valence-corrected chi connectivity index (χ0v) is 10.4. The van der Waals surface area contributed by atoms with E-state index in [4.69, 9.17) is 4.74 Å². The summed E-state index contributed by atoms with van der Waals surface area (Å²) in [7, 11) is 0. The molecule has 0 atom stereocenters. The highest BCUT2D eigenvalue weighted by Gasteiger charge is 2.05. The van der Waals surface area contributed by atoms with Gasteiger partial charge in [-0.25, -0.2) is 4.39 Å². The Kier molecular flexibility index (Phi) is 3.51. The standard InChI is InChI=1S/C15H15FO2/c1-10-8-13(16)7-6-12(10)9-18-15-5-3-4-14(17)11(15)2/h3-8,17H,9H2,1-2H3. The van der Waals surface area contributed by atoms with E-state index in [1.807, 2.05) is 6.92 Å². The zero-order chi connectivity index (χ0) is 13.1. The molecule has 0 amide bonds. The fourth-order valence-corrected chi connectivity index (χ4v) is 1.74. The smallest absolute Gasteiger partial charge is 0.126 e. The van der Waals surface area contributed by atoms with Crippen LogP contribution in [-0.2, 0) is 6.61 Å². The molecular weight excluding hydrogens is 231 g/mol. The lowest BCUT2D eigenvalue weighted by Crippen LogP contribution is -1.99. The Hall–Kier alpha value is -2.03. The first-order valence-corrected chi connectivity index (χ1v) is 5.74. The third-order valence-electron chi connectivity index (χ3n) is 2.94. The fraction of sp³-hybridized carbons (Fsp3) is 0.200. The summed E-state index contributed by atoms with van der Waals surface area (Å²) in [6.45, 7) is 4.00. The van der Waals surface area contributed by atoms with Crippen molar-refractivity contribution in [1.29, 1.82) is 0 Å². The average molecular weight is 246 g/mol. The van der Waals surface area contributed by atoms with E-state index in [2.05, 4.69) is 0 Å². The van der Waals surface area contributed by atoms with Gasteiger partial charge in [-0.1, -0.05) is 12.1 Å². The van der Waals surface area contributed by atoms with Crippen LogP contribution in [0.25, 0.3) is 0 Å². The lowest BCUT2D eigenvalue weighted by molar-refractivity contribution is 0.301. The van der Waals surface area contributed by atoms with Crippen LogP contribution in [0.3, 0.4) is 0 Å². The van der Waals surface area contributed by atoms with Crippen LogP contribution >= 0.6 is 0 Å². The molecule has 0 saturated carbocycles. The second-order valence-corrected chi connectivity index (χ2v) is 4.26. The first kappa shape index (κ1) is 12.4. The average Bonchev–Trinajstić information content (AvgIpc) is 2.33. The van der Waals surface area contributed by atoms with Crippen LogP contribution in [0.5, 0.6) is 11.5 Å². The van der Waals surface area contributed by atoms with E-state index in [0.29, 0.717) is 17.9 Å². The Morgan fingerprint density at radius 2 is 1.94 bits per heavy atom. The highest BCUT2D eigenvalue weighted by atomic mass is 19.1. The van der Waals surface area contributed by atoms with Crippen LogP contribution < -0.4 is 4.74 Å². The summed E-state index contributed by atoms with van der Waals surface area (Å²) in [5, 5.41) is 9.56. The Bertz CT molecular complexity index is 564. The lowest BCUT2D eigenvalue weighted by atomic mass is 10.1. The van der Waals surface area contributed by atoms with Crippen LogP contribution in [0.15, 0.2) is 36.4 Å². The minimum absolute atomic E-state index is 0.211. The summed E-state index contributed by atoms with van der Waals surface area (Å²) in [6.07, 6.45) is 0. The monoisotopic (exact) mass is 246 g/mol. The number of rotatable bonds is 3. The Labute approximate surface area is 106 Å². The van der Waals surface area contributed by atoms with Gasteiger partial charge >= 0.3 is 0 Å². The van der Waals surface area contributed by atoms with Crippen molar-refractivity contribution in [2.24, 2.45) is 0 Å². The van der Waals surface area contributed by atoms with Gasteiger partial charge in [0.05, 0.1) is 0 Å². The predicted octanol–water partition coefficient (Wildman–Crippen LogP) is 3.73. The number of aryl methyl sites for hydroxylation is 1. The van der Waals surface area contributed by atoms with Crippen molar-refractivity contribution in [2.75, 3.05) is 0 Å². The van der Waals surface area contributed by atoms with E-state index in [1.165, 1.54) is 12.1 Å². The molecule has 0 aliphatic carbocycles. The number of hydrogen-bond donors (Lipinski definition) is 1. The number of phenols is 1. The Balaban J connectivity index is 2.14. The Morgan fingerprint density at radius 1 is 1.17 bits per heavy atom. The molecule has 2 nitrogen and oxygen atoms in total. The molecule has 0 heterocycles. The second kappa shape index (κ2) is 5.08. The summed E-state index contributed by atoms with van der Waals surface area (Å²) in [5.41, 5.74) is 2.49. The molecule has 0 spiro atoms. The molecule has 1 N–H and O–H groups in total. The van der Waals surface area contributed by atoms with Crippen molar-refractivity contribution in [3.05, 3.63) is 58.9 Å². The van der Waals surface area contributed by atoms with Crippen LogP contribution in [0, 0.1) is 19.7 Å². The quantitative estimate of drug-likeness (QED) is 0.894. The van der Waals surface area contributed by atoms with Crippen LogP contribution in [-0.4, -0.2) is 5.11 Å². The van der Waals surface area contributed by atoms with Crippen molar-refractivity contribution in [2.45, 2.75) is 20.5 Å². The maximum absolute atomic E-state index is 13.0. The normalized spacial score (nSPS) is 10.4. The molecular formula is C15H15FO2. The van der Waals surface area contributed by atoms with Gasteiger partial charge in [-0.05, 0) is 49.2 Å². The molecule has 2 aromatic rings. The van der Waals surface area contributed by atoms with Crippen molar-refractivity contribution >= 4 is 0 Å². The first-order valence-electron chi connectivity index (χ1n) is 5.74. The van der Waals surface area contributed by atoms with E-state index in [9.17, 15) is 9.50 Å². The van der Waals surface area contributed by atoms with Crippen molar-refractivity contribution in [3.8, 4) is 11.5 Å². The van der Waals surface area contributed by atoms with Gasteiger partial charge in [0, 0.05) is 5.56 Å². The maximum atomic E-state index is 13.0. The number of halogens is 1. The largest absolute Gasteiger partial charge is 0.508 e. The number of phenolic OH excluding ortho intramolecular Hbond substituents is 1. The SMILES string of the molecule is Cc1cc(F)ccc1COc1cccc(O)c1C. The van der Waals surface area contributed by atoms with E-state index in [-0.39, 0.29) is 11.6 Å². The molecule has 0 saturated heterocycles. The molecule has 0 fully saturated rings. The molecule has 2 rings (SSSR count). The summed E-state index contributed by atoms with van der Waals surface area (Å²) in [4.78, 5) is 0. The second-order valence-electron chi connectivity index (χ2n) is 4.26. The summed E-state index contributed by atoms with van der Waals surface area (Å²) >= 11 is 0. The highest BCUT2D eigenvalue weighted by molar-refractivity contribution is 5.42. The minimum atomic E-state index is -0.246. The fourth-order valence-electron chi connectivity index (χ4n) is 1.74. The van der Waals surface area contributed by atoms with Crippen molar-refractivity contribution in [3.63, 3.8) is 0 Å². The van der Waals surface area contributed by atoms with E-state index >= 15 is 0 Å². The molecule has 94 valence electrons. The van der Waals surface area contributed by atoms with Crippen LogP contribution in [0.2, 0.25) is 0 Å². The van der Waals surface area contributed by atoms with Crippen molar-refractivity contribution < 1.29 is 14.2 Å². The number of aromatic hydroxyl groups is 1. The number of hydrogen-bond acceptors (Lipinski definition) is 2. The highest BCUT2D eigenvalue weighted by Crippen LogP contribution is 2.27. The van der Waals surface area contributed by atoms with Gasteiger partial charge in [-0.15, -0.1) is 0 Å². The lowest BCUT2D eigenvalue weighted by Gasteiger charge is -2.11. The zero-order valence-electron chi connectivity index (χ0n) is 10.4. The van der Waals surface area contributed by atoms with Crippen molar-refractivity contribution in [1.82, 2.24) is 0 Å². The van der Waals surface area contributed by atoms with Gasteiger partial charge in [0.25, 0.3) is 0 Å². The van der Waals surface area contributed by atoms with Gasteiger partial charge in [0.1, 0.15) is 23.9 Å². The molecule has 0 aliphatic rings. The third kappa shape index (κ3) is 2.62. The number of ether oxygens (including phenoxy) is 1. The summed E-state index contributed by atoms with van der Waals surface area (Å²) in [5.74, 6) is 0.604. The minimum Gasteiger partial charge on any atom is -0.508 e. The Morgan fingerprint density at radius 3 is 2.67 bits per heavy atom. The molecule has 18 heavy (non-hydrogen) atoms. The predicted molar refractivity (Wildman–Crippen MR) is 68.3 cm³/mol. The molecule has 0 aliphatic heterocycles. The van der Waals surface area contributed by atoms with Crippen LogP contribution in [0.1, 0.15) is 16.7 Å². The van der Waals surface area contributed by atoms with E-state index < -0.39 is 0 Å². The summed E-state index contributed by atoms with van der Waals surface area (Å²) < 4.78 is 18.6. The van der Waals surface area contributed by atoms with Crippen LogP contribution in [0.4, 0.5) is 4.39 Å². The van der Waals surface area contributed by atoms with E-state index in [1.54, 1.807) is 31.2 Å². The van der Waals surface area contributed by atoms with Gasteiger partial charge in [0.2, 0.25) is 0 Å². The molecule has 2 aromatic carbocycles. The maximum Gasteiger partial charge on any atom is 0.126 e. The number of benzene rings is 2. The van der Waals surface area contributed by atoms with Gasteiger partial charge in [-0.2, -0.15) is 0 Å². The molecule has 0 bridgehead atoms. The third-order valence-corrected chi connectivity index (χ3v) is 2.94. The van der Waals surface area contributed by atoms with E-state index in [0.717, 1.165) is 11.1 Å². The van der Waals surface area contributed by atoms with Gasteiger partial charge in [-0.3, -0.25) is 0 Å².